The highest BCUT2D eigenvalue weighted by Crippen LogP contribution is 2.27. The number of aromatic nitrogens is 1. The molecule has 0 bridgehead atoms. The summed E-state index contributed by atoms with van der Waals surface area (Å²) in [5.41, 5.74) is 8.61. The molecule has 0 unspecified atom stereocenters. The molecule has 2 N–H and O–H groups in total. The summed E-state index contributed by atoms with van der Waals surface area (Å²) in [5, 5.41) is 0. The predicted octanol–water partition coefficient (Wildman–Crippen LogP) is 3.15. The van der Waals surface area contributed by atoms with Crippen molar-refractivity contribution in [2.75, 3.05) is 11.4 Å². The first-order valence-corrected chi connectivity index (χ1v) is 6.34. The summed E-state index contributed by atoms with van der Waals surface area (Å²) >= 11 is 0. The van der Waals surface area contributed by atoms with Crippen LogP contribution >= 0.6 is 0 Å². The van der Waals surface area contributed by atoms with Crippen molar-refractivity contribution in [1.82, 2.24) is 4.98 Å². The van der Waals surface area contributed by atoms with E-state index in [1.54, 1.807) is 0 Å². The molecule has 0 aliphatic carbocycles. The molecule has 0 spiro atoms. The zero-order valence-electron chi connectivity index (χ0n) is 11.2. The predicted molar refractivity (Wildman–Crippen MR) is 75.9 cm³/mol. The number of hydrogen-bond donors (Lipinski definition) is 1. The van der Waals surface area contributed by atoms with Gasteiger partial charge in [-0.3, -0.25) is 0 Å². The minimum absolute atomic E-state index is 0.266. The molecule has 0 atom stereocenters. The van der Waals surface area contributed by atoms with E-state index in [-0.39, 0.29) is 12.4 Å². The molecule has 2 rings (SSSR count). The second-order valence-corrected chi connectivity index (χ2v) is 4.42. The molecule has 100 valence electrons. The molecule has 1 aromatic heterocycles. The van der Waals surface area contributed by atoms with Gasteiger partial charge in [0.05, 0.1) is 6.20 Å². The molecule has 1 heterocycles. The van der Waals surface area contributed by atoms with E-state index in [1.165, 1.54) is 17.8 Å². The molecule has 0 aliphatic rings. The lowest BCUT2D eigenvalue weighted by Gasteiger charge is -2.24. The summed E-state index contributed by atoms with van der Waals surface area (Å²) in [4.78, 5) is 6.23. The molecule has 2 aromatic rings. The number of nitrogens with two attached hydrogens (primary N) is 1. The number of pyridine rings is 1. The number of benzene rings is 1. The van der Waals surface area contributed by atoms with Gasteiger partial charge in [-0.25, -0.2) is 9.37 Å². The van der Waals surface area contributed by atoms with E-state index in [0.717, 1.165) is 18.1 Å². The van der Waals surface area contributed by atoms with Crippen LogP contribution in [-0.2, 0) is 6.54 Å². The Hall–Kier alpha value is -1.94. The molecule has 4 heteroatoms. The summed E-state index contributed by atoms with van der Waals surface area (Å²) < 4.78 is 13.2. The highest BCUT2D eigenvalue weighted by molar-refractivity contribution is 5.63. The average Bonchev–Trinajstić information content (AvgIpc) is 2.41. The monoisotopic (exact) mass is 259 g/mol. The van der Waals surface area contributed by atoms with Crippen molar-refractivity contribution in [3.8, 4) is 0 Å². The minimum atomic E-state index is -0.357. The van der Waals surface area contributed by atoms with Crippen molar-refractivity contribution >= 4 is 11.5 Å². The maximum atomic E-state index is 13.2. The van der Waals surface area contributed by atoms with Gasteiger partial charge in [0.2, 0.25) is 0 Å². The van der Waals surface area contributed by atoms with Crippen LogP contribution < -0.4 is 10.6 Å². The molecule has 0 saturated carbocycles. The van der Waals surface area contributed by atoms with Crippen molar-refractivity contribution in [2.45, 2.75) is 20.4 Å². The van der Waals surface area contributed by atoms with E-state index < -0.39 is 0 Å². The van der Waals surface area contributed by atoms with Crippen molar-refractivity contribution in [3.05, 3.63) is 53.5 Å². The standard InChI is InChI=1S/C15H18FN3/c1-3-19(14-6-4-5-11(2)7-14)15-12(9-17)8-13(16)10-18-15/h4-8,10H,3,9,17H2,1-2H3. The maximum Gasteiger partial charge on any atom is 0.141 e. The number of halogens is 1. The molecule has 0 amide bonds. The normalized spacial score (nSPS) is 10.5. The number of nitrogens with zero attached hydrogens (tertiary/aromatic N) is 2. The van der Waals surface area contributed by atoms with Gasteiger partial charge in [-0.2, -0.15) is 0 Å². The van der Waals surface area contributed by atoms with Gasteiger partial charge in [-0.05, 0) is 37.6 Å². The van der Waals surface area contributed by atoms with Gasteiger partial charge >= 0.3 is 0 Å². The molecule has 1 aromatic carbocycles. The van der Waals surface area contributed by atoms with Crippen molar-refractivity contribution in [2.24, 2.45) is 5.73 Å². The summed E-state index contributed by atoms with van der Waals surface area (Å²) in [6.07, 6.45) is 1.23. The largest absolute Gasteiger partial charge is 0.326 e. The van der Waals surface area contributed by atoms with E-state index in [9.17, 15) is 4.39 Å². The fourth-order valence-corrected chi connectivity index (χ4v) is 2.12. The molecule has 3 nitrogen and oxygen atoms in total. The number of hydrogen-bond acceptors (Lipinski definition) is 3. The van der Waals surface area contributed by atoms with E-state index >= 15 is 0 Å². The zero-order chi connectivity index (χ0) is 13.8. The highest BCUT2D eigenvalue weighted by atomic mass is 19.1. The Morgan fingerprint density at radius 1 is 1.32 bits per heavy atom. The number of rotatable bonds is 4. The minimum Gasteiger partial charge on any atom is -0.326 e. The Kier molecular flexibility index (Phi) is 4.12. The Morgan fingerprint density at radius 3 is 2.74 bits per heavy atom. The molecule has 0 radical (unpaired) electrons. The lowest BCUT2D eigenvalue weighted by molar-refractivity contribution is 0.618. The third-order valence-corrected chi connectivity index (χ3v) is 3.01. The first-order chi connectivity index (χ1) is 9.15. The van der Waals surface area contributed by atoms with Crippen LogP contribution in [0.15, 0.2) is 36.5 Å². The maximum absolute atomic E-state index is 13.2. The summed E-state index contributed by atoms with van der Waals surface area (Å²) in [5.74, 6) is 0.362. The SMILES string of the molecule is CCN(c1cccc(C)c1)c1ncc(F)cc1CN. The van der Waals surface area contributed by atoms with Gasteiger partial charge in [0.15, 0.2) is 0 Å². The molecular weight excluding hydrogens is 241 g/mol. The van der Waals surface area contributed by atoms with Gasteiger partial charge < -0.3 is 10.6 Å². The van der Waals surface area contributed by atoms with E-state index in [2.05, 4.69) is 11.1 Å². The Bertz CT molecular complexity index is 569. The topological polar surface area (TPSA) is 42.2 Å². The zero-order valence-corrected chi connectivity index (χ0v) is 11.2. The highest BCUT2D eigenvalue weighted by Gasteiger charge is 2.13. The number of aryl methyl sites for hydroxylation is 1. The van der Waals surface area contributed by atoms with Crippen LogP contribution in [0.1, 0.15) is 18.1 Å². The van der Waals surface area contributed by atoms with E-state index in [4.69, 9.17) is 5.73 Å². The Labute approximate surface area is 112 Å². The van der Waals surface area contributed by atoms with Crippen LogP contribution in [0.4, 0.5) is 15.9 Å². The molecular formula is C15H18FN3. The van der Waals surface area contributed by atoms with Gasteiger partial charge in [0.1, 0.15) is 11.6 Å². The molecule has 19 heavy (non-hydrogen) atoms. The molecule has 0 saturated heterocycles. The quantitative estimate of drug-likeness (QED) is 0.917. The van der Waals surface area contributed by atoms with Crippen molar-refractivity contribution in [3.63, 3.8) is 0 Å². The van der Waals surface area contributed by atoms with Crippen LogP contribution in [0.3, 0.4) is 0 Å². The summed E-state index contributed by atoms with van der Waals surface area (Å²) in [6, 6.07) is 9.58. The van der Waals surface area contributed by atoms with Gasteiger partial charge in [0, 0.05) is 24.3 Å². The fourth-order valence-electron chi connectivity index (χ4n) is 2.12. The lowest BCUT2D eigenvalue weighted by Crippen LogP contribution is -2.20. The Balaban J connectivity index is 2.48. The fraction of sp³-hybridized carbons (Fsp3) is 0.267. The average molecular weight is 259 g/mol. The Morgan fingerprint density at radius 2 is 2.11 bits per heavy atom. The van der Waals surface area contributed by atoms with E-state index in [0.29, 0.717) is 5.56 Å². The third kappa shape index (κ3) is 2.90. The summed E-state index contributed by atoms with van der Waals surface area (Å²) in [6.45, 7) is 5.09. The molecule has 0 fully saturated rings. The van der Waals surface area contributed by atoms with Crippen LogP contribution in [0, 0.1) is 12.7 Å². The van der Waals surface area contributed by atoms with E-state index in [1.807, 2.05) is 36.9 Å². The van der Waals surface area contributed by atoms with Gasteiger partial charge in [-0.1, -0.05) is 12.1 Å². The van der Waals surface area contributed by atoms with Crippen molar-refractivity contribution in [1.29, 1.82) is 0 Å². The van der Waals surface area contributed by atoms with Gasteiger partial charge in [0.25, 0.3) is 0 Å². The first-order valence-electron chi connectivity index (χ1n) is 6.34. The van der Waals surface area contributed by atoms with Crippen LogP contribution in [0.25, 0.3) is 0 Å². The smallest absolute Gasteiger partial charge is 0.141 e. The lowest BCUT2D eigenvalue weighted by atomic mass is 10.2. The summed E-state index contributed by atoms with van der Waals surface area (Å²) in [7, 11) is 0. The second-order valence-electron chi connectivity index (χ2n) is 4.42. The van der Waals surface area contributed by atoms with Crippen LogP contribution in [-0.4, -0.2) is 11.5 Å². The van der Waals surface area contributed by atoms with Crippen LogP contribution in [0.2, 0.25) is 0 Å². The third-order valence-electron chi connectivity index (χ3n) is 3.01. The van der Waals surface area contributed by atoms with Gasteiger partial charge in [-0.15, -0.1) is 0 Å². The second kappa shape index (κ2) is 5.80. The molecule has 0 aliphatic heterocycles. The van der Waals surface area contributed by atoms with Crippen LogP contribution in [0.5, 0.6) is 0 Å². The first kappa shape index (κ1) is 13.5. The number of anilines is 2. The van der Waals surface area contributed by atoms with Crippen molar-refractivity contribution < 1.29 is 4.39 Å².